The summed E-state index contributed by atoms with van der Waals surface area (Å²) in [6, 6.07) is 6.14. The first-order valence-corrected chi connectivity index (χ1v) is 6.67. The molecule has 2 heterocycles. The molecule has 1 N–H and O–H groups in total. The predicted octanol–water partition coefficient (Wildman–Crippen LogP) is 2.52. The summed E-state index contributed by atoms with van der Waals surface area (Å²) in [6.07, 6.45) is 1.86. The van der Waals surface area contributed by atoms with Crippen molar-refractivity contribution in [2.24, 2.45) is 5.92 Å². The number of imidazole rings is 1. The number of hydrogen-bond acceptors (Lipinski definition) is 2. The van der Waals surface area contributed by atoms with E-state index in [1.54, 1.807) is 12.1 Å². The number of nitrogens with zero attached hydrogens (tertiary/aromatic N) is 2. The Morgan fingerprint density at radius 2 is 2.05 bits per heavy atom. The Labute approximate surface area is 116 Å². The third-order valence-electron chi connectivity index (χ3n) is 3.52. The summed E-state index contributed by atoms with van der Waals surface area (Å²) < 4.78 is 14.8. The Bertz CT molecular complexity index is 646. The highest BCUT2D eigenvalue weighted by molar-refractivity contribution is 5.77. The summed E-state index contributed by atoms with van der Waals surface area (Å²) in [5, 5.41) is 2.96. The minimum atomic E-state index is -0.269. The molecule has 20 heavy (non-hydrogen) atoms. The van der Waals surface area contributed by atoms with Crippen LogP contribution in [0.5, 0.6) is 0 Å². The number of nitrogens with one attached hydrogen (secondary N) is 1. The Balaban J connectivity index is 2.03. The number of carbonyl (C=O) groups is 1. The molecule has 1 aromatic heterocycles. The molecule has 1 atom stereocenters. The lowest BCUT2D eigenvalue weighted by Crippen LogP contribution is -2.40. The van der Waals surface area contributed by atoms with Crippen LogP contribution in [0.25, 0.3) is 11.3 Å². The van der Waals surface area contributed by atoms with Crippen LogP contribution in [0.15, 0.2) is 30.5 Å². The van der Waals surface area contributed by atoms with Gasteiger partial charge in [-0.25, -0.2) is 9.37 Å². The lowest BCUT2D eigenvalue weighted by molar-refractivity contribution is -0.124. The second kappa shape index (κ2) is 4.74. The zero-order chi connectivity index (χ0) is 14.3. The van der Waals surface area contributed by atoms with E-state index in [1.165, 1.54) is 12.1 Å². The van der Waals surface area contributed by atoms with Crippen molar-refractivity contribution in [3.05, 3.63) is 42.1 Å². The van der Waals surface area contributed by atoms with E-state index in [0.717, 1.165) is 17.1 Å². The van der Waals surface area contributed by atoms with E-state index < -0.39 is 0 Å². The largest absolute Gasteiger partial charge is 0.344 e. The molecule has 0 unspecified atom stereocenters. The average molecular weight is 273 g/mol. The monoisotopic (exact) mass is 273 g/mol. The fourth-order valence-electron chi connectivity index (χ4n) is 2.47. The van der Waals surface area contributed by atoms with Crippen molar-refractivity contribution in [2.45, 2.75) is 26.4 Å². The van der Waals surface area contributed by atoms with Crippen molar-refractivity contribution in [1.29, 1.82) is 0 Å². The number of fused-ring (bicyclic) bond motifs is 1. The minimum absolute atomic E-state index is 0.000689. The standard InChI is InChI=1S/C15H16FN3O/c1-9(2)14-15-17-12(7-19(15)8-13(20)18-14)10-3-5-11(16)6-4-10/h3-7,9,14H,8H2,1-2H3,(H,18,20)/t14-/m1/s1. The SMILES string of the molecule is CC(C)[C@H]1NC(=O)Cn2cc(-c3ccc(F)cc3)nc21. The van der Waals surface area contributed by atoms with Gasteiger partial charge >= 0.3 is 0 Å². The van der Waals surface area contributed by atoms with Gasteiger partial charge in [0.2, 0.25) is 5.91 Å². The number of amides is 1. The second-order valence-corrected chi connectivity index (χ2v) is 5.41. The highest BCUT2D eigenvalue weighted by atomic mass is 19.1. The Kier molecular flexibility index (Phi) is 3.04. The van der Waals surface area contributed by atoms with Gasteiger partial charge in [-0.05, 0) is 30.2 Å². The van der Waals surface area contributed by atoms with E-state index in [9.17, 15) is 9.18 Å². The van der Waals surface area contributed by atoms with Crippen LogP contribution in [-0.2, 0) is 11.3 Å². The number of benzene rings is 1. The van der Waals surface area contributed by atoms with Crippen molar-refractivity contribution in [1.82, 2.24) is 14.9 Å². The smallest absolute Gasteiger partial charge is 0.240 e. The molecule has 2 aromatic rings. The summed E-state index contributed by atoms with van der Waals surface area (Å²) in [7, 11) is 0. The Morgan fingerprint density at radius 3 is 2.70 bits per heavy atom. The van der Waals surface area contributed by atoms with Gasteiger partial charge in [0.05, 0.1) is 11.7 Å². The fraction of sp³-hybridized carbons (Fsp3) is 0.333. The van der Waals surface area contributed by atoms with Gasteiger partial charge in [0.25, 0.3) is 0 Å². The molecular formula is C15H16FN3O. The Hall–Kier alpha value is -2.17. The van der Waals surface area contributed by atoms with Gasteiger partial charge in [-0.3, -0.25) is 4.79 Å². The van der Waals surface area contributed by atoms with Gasteiger partial charge in [-0.15, -0.1) is 0 Å². The van der Waals surface area contributed by atoms with Gasteiger partial charge in [-0.2, -0.15) is 0 Å². The summed E-state index contributed by atoms with van der Waals surface area (Å²) in [4.78, 5) is 16.3. The number of aromatic nitrogens is 2. The van der Waals surface area contributed by atoms with E-state index in [-0.39, 0.29) is 30.2 Å². The topological polar surface area (TPSA) is 46.9 Å². The number of rotatable bonds is 2. The van der Waals surface area contributed by atoms with Crippen LogP contribution in [0.2, 0.25) is 0 Å². The van der Waals surface area contributed by atoms with Gasteiger partial charge in [0.15, 0.2) is 0 Å². The number of hydrogen-bond donors (Lipinski definition) is 1. The maximum Gasteiger partial charge on any atom is 0.240 e. The highest BCUT2D eigenvalue weighted by Crippen LogP contribution is 2.28. The first-order valence-electron chi connectivity index (χ1n) is 6.67. The maximum absolute atomic E-state index is 13.0. The Morgan fingerprint density at radius 1 is 1.35 bits per heavy atom. The maximum atomic E-state index is 13.0. The third-order valence-corrected chi connectivity index (χ3v) is 3.52. The van der Waals surface area contributed by atoms with Gasteiger partial charge < -0.3 is 9.88 Å². The third kappa shape index (κ3) is 2.19. The molecule has 0 saturated heterocycles. The molecule has 104 valence electrons. The molecule has 1 aromatic carbocycles. The van der Waals surface area contributed by atoms with E-state index in [2.05, 4.69) is 10.3 Å². The van der Waals surface area contributed by atoms with Crippen LogP contribution < -0.4 is 5.32 Å². The van der Waals surface area contributed by atoms with Crippen LogP contribution in [-0.4, -0.2) is 15.5 Å². The lowest BCUT2D eigenvalue weighted by Gasteiger charge is -2.27. The quantitative estimate of drug-likeness (QED) is 0.914. The summed E-state index contributed by atoms with van der Waals surface area (Å²) in [5.74, 6) is 0.856. The molecule has 0 saturated carbocycles. The van der Waals surface area contributed by atoms with Crippen molar-refractivity contribution >= 4 is 5.91 Å². The molecule has 4 nitrogen and oxygen atoms in total. The average Bonchev–Trinajstić information content (AvgIpc) is 2.81. The van der Waals surface area contributed by atoms with E-state index >= 15 is 0 Å². The molecular weight excluding hydrogens is 257 g/mol. The van der Waals surface area contributed by atoms with Crippen LogP contribution in [0.1, 0.15) is 25.7 Å². The fourth-order valence-corrected chi connectivity index (χ4v) is 2.47. The molecule has 1 amide bonds. The lowest BCUT2D eigenvalue weighted by atomic mass is 10.0. The van der Waals surface area contributed by atoms with Crippen LogP contribution in [0.3, 0.4) is 0 Å². The summed E-state index contributed by atoms with van der Waals surface area (Å²) >= 11 is 0. The molecule has 0 aliphatic carbocycles. The zero-order valence-corrected chi connectivity index (χ0v) is 11.4. The predicted molar refractivity (Wildman–Crippen MR) is 73.3 cm³/mol. The zero-order valence-electron chi connectivity index (χ0n) is 11.4. The number of carbonyl (C=O) groups excluding carboxylic acids is 1. The van der Waals surface area contributed by atoms with Crippen LogP contribution >= 0.6 is 0 Å². The first-order chi connectivity index (χ1) is 9.54. The van der Waals surface area contributed by atoms with Gasteiger partial charge in [0.1, 0.15) is 18.2 Å². The summed E-state index contributed by atoms with van der Waals surface area (Å²) in [6.45, 7) is 4.38. The molecule has 0 radical (unpaired) electrons. The molecule has 0 spiro atoms. The molecule has 5 heteroatoms. The van der Waals surface area contributed by atoms with Crippen LogP contribution in [0, 0.1) is 11.7 Å². The molecule has 0 fully saturated rings. The first kappa shape index (κ1) is 12.8. The van der Waals surface area contributed by atoms with Crippen molar-refractivity contribution < 1.29 is 9.18 Å². The molecule has 3 rings (SSSR count). The van der Waals surface area contributed by atoms with Gasteiger partial charge in [0, 0.05) is 11.8 Å². The normalized spacial score (nSPS) is 18.0. The van der Waals surface area contributed by atoms with E-state index in [1.807, 2.05) is 24.6 Å². The van der Waals surface area contributed by atoms with Crippen molar-refractivity contribution in [3.63, 3.8) is 0 Å². The molecule has 1 aliphatic rings. The summed E-state index contributed by atoms with van der Waals surface area (Å²) in [5.41, 5.74) is 1.62. The van der Waals surface area contributed by atoms with E-state index in [4.69, 9.17) is 0 Å². The van der Waals surface area contributed by atoms with E-state index in [0.29, 0.717) is 0 Å². The highest BCUT2D eigenvalue weighted by Gasteiger charge is 2.29. The van der Waals surface area contributed by atoms with Crippen molar-refractivity contribution in [2.75, 3.05) is 0 Å². The molecule has 0 bridgehead atoms. The van der Waals surface area contributed by atoms with Gasteiger partial charge in [-0.1, -0.05) is 13.8 Å². The van der Waals surface area contributed by atoms with Crippen LogP contribution in [0.4, 0.5) is 4.39 Å². The number of halogens is 1. The van der Waals surface area contributed by atoms with Crippen molar-refractivity contribution in [3.8, 4) is 11.3 Å². The minimum Gasteiger partial charge on any atom is -0.344 e. The molecule has 1 aliphatic heterocycles. The second-order valence-electron chi connectivity index (χ2n) is 5.41.